The predicted octanol–water partition coefficient (Wildman–Crippen LogP) is 9.48. The summed E-state index contributed by atoms with van der Waals surface area (Å²) in [4.78, 5) is 0. The van der Waals surface area contributed by atoms with E-state index < -0.39 is 0 Å². The van der Waals surface area contributed by atoms with Crippen LogP contribution >= 0.6 is 15.9 Å². The van der Waals surface area contributed by atoms with Gasteiger partial charge in [0.25, 0.3) is 0 Å². The summed E-state index contributed by atoms with van der Waals surface area (Å²) in [7, 11) is 0. The second kappa shape index (κ2) is 7.10. The van der Waals surface area contributed by atoms with Gasteiger partial charge in [-0.25, -0.2) is 0 Å². The van der Waals surface area contributed by atoms with E-state index in [1.165, 1.54) is 63.5 Å². The molecule has 0 N–H and O–H groups in total. The highest BCUT2D eigenvalue weighted by Crippen LogP contribution is 2.62. The number of hydrogen-bond donors (Lipinski definition) is 0. The van der Waals surface area contributed by atoms with E-state index in [0.717, 1.165) is 6.42 Å². The molecule has 176 valence electrons. The lowest BCUT2D eigenvalue weighted by Gasteiger charge is -2.44. The molecule has 0 amide bonds. The fourth-order valence-corrected chi connectivity index (χ4v) is 8.08. The Morgan fingerprint density at radius 2 is 1.29 bits per heavy atom. The van der Waals surface area contributed by atoms with Gasteiger partial charge in [-0.1, -0.05) is 119 Å². The van der Waals surface area contributed by atoms with Crippen molar-refractivity contribution < 1.29 is 0 Å². The van der Waals surface area contributed by atoms with Gasteiger partial charge < -0.3 is 0 Å². The van der Waals surface area contributed by atoms with Crippen LogP contribution in [0.2, 0.25) is 0 Å². The number of halogens is 1. The summed E-state index contributed by atoms with van der Waals surface area (Å²) in [5, 5.41) is 0. The van der Waals surface area contributed by atoms with Gasteiger partial charge in [0.15, 0.2) is 0 Å². The van der Waals surface area contributed by atoms with E-state index in [0.29, 0.717) is 0 Å². The Labute approximate surface area is 214 Å². The van der Waals surface area contributed by atoms with Crippen molar-refractivity contribution in [2.24, 2.45) is 5.41 Å². The number of fused-ring (bicyclic) bond motifs is 6. The van der Waals surface area contributed by atoms with Crippen LogP contribution in [0, 0.1) is 5.41 Å². The summed E-state index contributed by atoms with van der Waals surface area (Å²) in [6.45, 7) is 14.6. The molecule has 0 radical (unpaired) electrons. The molecule has 34 heavy (non-hydrogen) atoms. The van der Waals surface area contributed by atoms with Crippen LogP contribution in [0.25, 0.3) is 11.1 Å². The molecule has 1 fully saturated rings. The van der Waals surface area contributed by atoms with Crippen LogP contribution in [0.1, 0.15) is 101 Å². The Morgan fingerprint density at radius 3 is 2.00 bits per heavy atom. The number of benzene rings is 3. The summed E-state index contributed by atoms with van der Waals surface area (Å²) in [6.07, 6.45) is 6.25. The Morgan fingerprint density at radius 1 is 0.676 bits per heavy atom. The van der Waals surface area contributed by atoms with Crippen LogP contribution in [0.4, 0.5) is 0 Å². The minimum absolute atomic E-state index is 0.134. The van der Waals surface area contributed by atoms with Gasteiger partial charge in [-0.3, -0.25) is 0 Å². The van der Waals surface area contributed by atoms with Crippen LogP contribution in [-0.2, 0) is 22.7 Å². The Kier molecular flexibility index (Phi) is 4.72. The third kappa shape index (κ3) is 2.71. The third-order valence-corrected chi connectivity index (χ3v) is 11.6. The summed E-state index contributed by atoms with van der Waals surface area (Å²) < 4.78 is 1.26. The van der Waals surface area contributed by atoms with Gasteiger partial charge in [-0.2, -0.15) is 0 Å². The van der Waals surface area contributed by atoms with Gasteiger partial charge in [-0.15, -0.1) is 0 Å². The maximum atomic E-state index is 3.98. The third-order valence-electron chi connectivity index (χ3n) is 10.8. The number of rotatable bonds is 2. The molecule has 0 saturated heterocycles. The predicted molar refractivity (Wildman–Crippen MR) is 148 cm³/mol. The van der Waals surface area contributed by atoms with E-state index in [1.807, 2.05) is 0 Å². The zero-order valence-electron chi connectivity index (χ0n) is 21.6. The molecule has 0 aromatic heterocycles. The second-order valence-electron chi connectivity index (χ2n) is 12.8. The lowest BCUT2D eigenvalue weighted by molar-refractivity contribution is 0.125. The summed E-state index contributed by atoms with van der Waals surface area (Å²) in [6, 6.07) is 21.5. The van der Waals surface area contributed by atoms with Crippen molar-refractivity contribution in [1.82, 2.24) is 0 Å². The highest BCUT2D eigenvalue weighted by molar-refractivity contribution is 9.10. The molecular formula is C33H37Br. The van der Waals surface area contributed by atoms with Gasteiger partial charge in [0, 0.05) is 9.89 Å². The van der Waals surface area contributed by atoms with Gasteiger partial charge in [0.05, 0.1) is 0 Å². The molecule has 0 bridgehead atoms. The molecular weight excluding hydrogens is 476 g/mol. The Bertz CT molecular complexity index is 1310. The molecule has 0 aliphatic heterocycles. The molecule has 3 aliphatic rings. The van der Waals surface area contributed by atoms with Crippen molar-refractivity contribution in [2.75, 3.05) is 0 Å². The quantitative estimate of drug-likeness (QED) is 0.320. The molecule has 0 heterocycles. The normalized spacial score (nSPS) is 22.0. The lowest BCUT2D eigenvalue weighted by atomic mass is 9.59. The molecule has 0 atom stereocenters. The van der Waals surface area contributed by atoms with E-state index in [-0.39, 0.29) is 21.7 Å². The van der Waals surface area contributed by atoms with E-state index in [4.69, 9.17) is 0 Å². The van der Waals surface area contributed by atoms with Crippen LogP contribution in [-0.4, -0.2) is 0 Å². The topological polar surface area (TPSA) is 0 Å². The molecule has 1 saturated carbocycles. The highest BCUT2D eigenvalue weighted by Gasteiger charge is 2.57. The van der Waals surface area contributed by atoms with Gasteiger partial charge >= 0.3 is 0 Å². The fraction of sp³-hybridized carbons (Fsp3) is 0.455. The first-order chi connectivity index (χ1) is 16.0. The summed E-state index contributed by atoms with van der Waals surface area (Å²) >= 11 is 3.98. The second-order valence-corrected chi connectivity index (χ2v) is 13.6. The van der Waals surface area contributed by atoms with Crippen LogP contribution in [0.5, 0.6) is 0 Å². The van der Waals surface area contributed by atoms with Crippen molar-refractivity contribution in [3.05, 3.63) is 92.5 Å². The van der Waals surface area contributed by atoms with Crippen LogP contribution in [0.3, 0.4) is 0 Å². The first-order valence-corrected chi connectivity index (χ1v) is 13.9. The minimum atomic E-state index is 0.134. The van der Waals surface area contributed by atoms with Crippen molar-refractivity contribution in [2.45, 2.75) is 89.9 Å². The average Bonchev–Trinajstić information content (AvgIpc) is 3.42. The average molecular weight is 514 g/mol. The molecule has 6 rings (SSSR count). The minimum Gasteiger partial charge on any atom is -0.0619 e. The highest BCUT2D eigenvalue weighted by atomic mass is 79.9. The van der Waals surface area contributed by atoms with Crippen molar-refractivity contribution in [1.29, 1.82) is 0 Å². The monoisotopic (exact) mass is 512 g/mol. The standard InChI is InChI=1S/C33H37Br/c1-30(2)27-19-22(29(34)20-28(27)31(3,4)32(30,5)6)17-21-13-14-24-23-11-7-8-12-25(23)33(26(24)18-21)15-9-10-16-33/h7-8,11-14,18-20H,9-10,15-17H2,1-6H3. The van der Waals surface area contributed by atoms with Crippen LogP contribution < -0.4 is 0 Å². The zero-order chi connectivity index (χ0) is 24.1. The first kappa shape index (κ1) is 22.6. The largest absolute Gasteiger partial charge is 0.0619 e. The van der Waals surface area contributed by atoms with Gasteiger partial charge in [0.2, 0.25) is 0 Å². The molecule has 0 unspecified atom stereocenters. The van der Waals surface area contributed by atoms with Crippen molar-refractivity contribution >= 4 is 15.9 Å². The molecule has 1 spiro atoms. The maximum absolute atomic E-state index is 3.98. The Hall–Kier alpha value is -1.86. The van der Waals surface area contributed by atoms with Crippen molar-refractivity contribution in [3.8, 4) is 11.1 Å². The van der Waals surface area contributed by atoms with E-state index in [1.54, 1.807) is 11.1 Å². The van der Waals surface area contributed by atoms with Crippen molar-refractivity contribution in [3.63, 3.8) is 0 Å². The Balaban J connectivity index is 1.43. The summed E-state index contributed by atoms with van der Waals surface area (Å²) in [5.74, 6) is 0. The lowest BCUT2D eigenvalue weighted by Crippen LogP contribution is -2.42. The molecule has 3 aromatic rings. The van der Waals surface area contributed by atoms with E-state index in [9.17, 15) is 0 Å². The zero-order valence-corrected chi connectivity index (χ0v) is 23.2. The molecule has 3 aliphatic carbocycles. The fourth-order valence-electron chi connectivity index (χ4n) is 7.59. The van der Waals surface area contributed by atoms with Gasteiger partial charge in [-0.05, 0) is 86.1 Å². The smallest absolute Gasteiger partial charge is 0.0215 e. The van der Waals surface area contributed by atoms with Gasteiger partial charge in [0.1, 0.15) is 0 Å². The summed E-state index contributed by atoms with van der Waals surface area (Å²) in [5.41, 5.74) is 12.7. The maximum Gasteiger partial charge on any atom is 0.0215 e. The van der Waals surface area contributed by atoms with E-state index >= 15 is 0 Å². The molecule has 0 nitrogen and oxygen atoms in total. The molecule has 1 heteroatoms. The SMILES string of the molecule is CC1(C)c2cc(Br)c(Cc3ccc4c(c3)C3(CCCC3)c3ccccc3-4)cc2C(C)(C)C1(C)C. The van der Waals surface area contributed by atoms with Crippen LogP contribution in [0.15, 0.2) is 59.1 Å². The van der Waals surface area contributed by atoms with E-state index in [2.05, 4.69) is 112 Å². The molecule has 3 aromatic carbocycles. The first-order valence-electron chi connectivity index (χ1n) is 13.1. The number of hydrogen-bond acceptors (Lipinski definition) is 0.